The molecule has 2 heterocycles. The Morgan fingerprint density at radius 1 is 0.821 bits per heavy atom. The number of rotatable bonds is 2. The molecule has 4 rings (SSSR count). The Bertz CT molecular complexity index is 1330. The Morgan fingerprint density at radius 2 is 1.32 bits per heavy atom. The predicted octanol–water partition coefficient (Wildman–Crippen LogP) is 5.14. The van der Waals surface area contributed by atoms with Crippen LogP contribution < -0.4 is 0 Å². The summed E-state index contributed by atoms with van der Waals surface area (Å²) in [4.78, 5) is 1.21. The third kappa shape index (κ3) is 2.58. The van der Waals surface area contributed by atoms with Gasteiger partial charge in [0.25, 0.3) is 0 Å². The average Bonchev–Trinajstić information content (AvgIpc) is 3.15. The van der Waals surface area contributed by atoms with Gasteiger partial charge in [0.15, 0.2) is 0 Å². The molecule has 6 heteroatoms. The summed E-state index contributed by atoms with van der Waals surface area (Å²) in [7, 11) is -3.63. The number of thiophene rings is 1. The van der Waals surface area contributed by atoms with Crippen LogP contribution in [-0.4, -0.2) is 8.42 Å². The second-order valence-corrected chi connectivity index (χ2v) is 9.66. The average molecular weight is 403 g/mol. The number of nitrogens with zero attached hydrogens (tertiary/aromatic N) is 2. The number of fused-ring (bicyclic) bond motifs is 1. The number of allylic oxidation sites excluding steroid dienone is 1. The maximum absolute atomic E-state index is 13.3. The zero-order valence-corrected chi connectivity index (χ0v) is 16.8. The largest absolute Gasteiger partial charge is 0.218 e. The molecule has 0 amide bonds. The van der Waals surface area contributed by atoms with Crippen LogP contribution in [0.15, 0.2) is 52.7 Å². The van der Waals surface area contributed by atoms with Crippen molar-refractivity contribution in [3.63, 3.8) is 0 Å². The van der Waals surface area contributed by atoms with Crippen LogP contribution in [-0.2, 0) is 9.84 Å². The zero-order chi connectivity index (χ0) is 20.1. The Morgan fingerprint density at radius 3 is 1.79 bits per heavy atom. The molecule has 3 aromatic rings. The first-order chi connectivity index (χ1) is 13.4. The highest BCUT2D eigenvalue weighted by Crippen LogP contribution is 2.52. The van der Waals surface area contributed by atoms with Gasteiger partial charge in [-0.25, -0.2) is 8.42 Å². The highest BCUT2D eigenvalue weighted by molar-refractivity contribution is 8.03. The molecule has 0 atom stereocenters. The fourth-order valence-corrected chi connectivity index (χ4v) is 7.31. The topological polar surface area (TPSA) is 81.7 Å². The van der Waals surface area contributed by atoms with Gasteiger partial charge in [-0.3, -0.25) is 0 Å². The van der Waals surface area contributed by atoms with E-state index in [0.717, 1.165) is 27.1 Å². The summed E-state index contributed by atoms with van der Waals surface area (Å²) in [5.74, 6) is 0. The molecule has 1 aliphatic heterocycles. The van der Waals surface area contributed by atoms with Crippen molar-refractivity contribution >= 4 is 31.7 Å². The van der Waals surface area contributed by atoms with Crippen LogP contribution in [0.4, 0.5) is 0 Å². The first kappa shape index (κ1) is 18.2. The van der Waals surface area contributed by atoms with Gasteiger partial charge in [0, 0.05) is 10.4 Å². The van der Waals surface area contributed by atoms with Gasteiger partial charge in [-0.15, -0.1) is 11.3 Å². The van der Waals surface area contributed by atoms with Gasteiger partial charge in [0.1, 0.15) is 4.21 Å². The smallest absolute Gasteiger partial charge is 0.217 e. The van der Waals surface area contributed by atoms with Crippen LogP contribution in [0, 0.1) is 29.6 Å². The van der Waals surface area contributed by atoms with E-state index in [-0.39, 0.29) is 0 Å². The minimum Gasteiger partial charge on any atom is -0.218 e. The van der Waals surface area contributed by atoms with E-state index in [0.29, 0.717) is 25.8 Å². The Hall–Kier alpha value is -3.19. The van der Waals surface area contributed by atoms with E-state index in [1.807, 2.05) is 32.0 Å². The van der Waals surface area contributed by atoms with Gasteiger partial charge in [0.2, 0.25) is 9.84 Å². The molecular weight excluding hydrogens is 388 g/mol. The molecule has 0 saturated carbocycles. The summed E-state index contributed by atoms with van der Waals surface area (Å²) >= 11 is 1.27. The highest BCUT2D eigenvalue weighted by Gasteiger charge is 2.38. The zero-order valence-electron chi connectivity index (χ0n) is 15.1. The van der Waals surface area contributed by atoms with Crippen molar-refractivity contribution in [3.05, 3.63) is 76.3 Å². The van der Waals surface area contributed by atoms with Crippen molar-refractivity contribution < 1.29 is 8.42 Å². The van der Waals surface area contributed by atoms with Crippen LogP contribution in [0.3, 0.4) is 0 Å². The summed E-state index contributed by atoms with van der Waals surface area (Å²) < 4.78 is 26.9. The fourth-order valence-electron chi connectivity index (χ4n) is 3.56. The minimum atomic E-state index is -3.63. The molecule has 4 nitrogen and oxygen atoms in total. The number of sulfone groups is 1. The monoisotopic (exact) mass is 402 g/mol. The molecule has 1 aromatic heterocycles. The molecule has 0 N–H and O–H groups in total. The van der Waals surface area contributed by atoms with E-state index in [1.54, 1.807) is 36.4 Å². The third-order valence-corrected chi connectivity index (χ3v) is 8.71. The van der Waals surface area contributed by atoms with Crippen molar-refractivity contribution in [3.8, 4) is 22.6 Å². The summed E-state index contributed by atoms with van der Waals surface area (Å²) in [5.41, 5.74) is 4.98. The van der Waals surface area contributed by atoms with Crippen molar-refractivity contribution in [2.45, 2.75) is 18.1 Å². The molecule has 136 valence electrons. The standard InChI is InChI=1S/C22H14N2O2S2/c1-13-19-14(2)21(18-9-5-16(12-24)6-10-18)28(25,26)22(19)27-20(13)17-7-3-15(11-23)4-8-17/h3-10H,1-2H3. The van der Waals surface area contributed by atoms with Crippen LogP contribution >= 0.6 is 11.3 Å². The van der Waals surface area contributed by atoms with Crippen molar-refractivity contribution in [1.82, 2.24) is 0 Å². The maximum atomic E-state index is 13.3. The number of hydrogen-bond donors (Lipinski definition) is 0. The molecule has 0 fully saturated rings. The van der Waals surface area contributed by atoms with E-state index in [9.17, 15) is 8.42 Å². The summed E-state index contributed by atoms with van der Waals surface area (Å²) in [6.07, 6.45) is 0. The van der Waals surface area contributed by atoms with Gasteiger partial charge in [-0.05, 0) is 60.4 Å². The molecular formula is C22H14N2O2S2. The molecule has 0 radical (unpaired) electrons. The van der Waals surface area contributed by atoms with Gasteiger partial charge < -0.3 is 0 Å². The second kappa shape index (κ2) is 6.45. The SMILES string of the molecule is CC1=C(c2ccc(C#N)cc2)S(=O)(=O)c2sc(-c3ccc(C#N)cc3)c(C)c21. The Labute approximate surface area is 167 Å². The molecule has 0 unspecified atom stereocenters. The lowest BCUT2D eigenvalue weighted by atomic mass is 10.00. The van der Waals surface area contributed by atoms with E-state index in [4.69, 9.17) is 10.5 Å². The van der Waals surface area contributed by atoms with Gasteiger partial charge in [-0.2, -0.15) is 10.5 Å². The van der Waals surface area contributed by atoms with E-state index in [1.165, 1.54) is 11.3 Å². The highest BCUT2D eigenvalue weighted by atomic mass is 32.2. The van der Waals surface area contributed by atoms with E-state index < -0.39 is 9.84 Å². The van der Waals surface area contributed by atoms with Crippen molar-refractivity contribution in [1.29, 1.82) is 10.5 Å². The third-order valence-electron chi connectivity index (χ3n) is 4.90. The fraction of sp³-hybridized carbons (Fsp3) is 0.0909. The predicted molar refractivity (Wildman–Crippen MR) is 110 cm³/mol. The van der Waals surface area contributed by atoms with Gasteiger partial charge in [-0.1, -0.05) is 24.3 Å². The summed E-state index contributed by atoms with van der Waals surface area (Å²) in [6, 6.07) is 17.9. The number of nitriles is 2. The molecule has 0 saturated heterocycles. The van der Waals surface area contributed by atoms with Gasteiger partial charge in [0.05, 0.1) is 28.2 Å². The first-order valence-electron chi connectivity index (χ1n) is 8.49. The Balaban J connectivity index is 1.89. The van der Waals surface area contributed by atoms with Crippen LogP contribution in [0.5, 0.6) is 0 Å². The molecule has 2 aromatic carbocycles. The quantitative estimate of drug-likeness (QED) is 0.594. The lowest BCUT2D eigenvalue weighted by Crippen LogP contribution is -1.98. The van der Waals surface area contributed by atoms with E-state index >= 15 is 0 Å². The first-order valence-corrected chi connectivity index (χ1v) is 10.8. The van der Waals surface area contributed by atoms with Gasteiger partial charge >= 0.3 is 0 Å². The molecule has 0 aliphatic carbocycles. The molecule has 0 bridgehead atoms. The number of benzene rings is 2. The Kier molecular flexibility index (Phi) is 4.19. The molecule has 1 aliphatic rings. The lowest BCUT2D eigenvalue weighted by Gasteiger charge is -2.07. The molecule has 0 spiro atoms. The normalized spacial score (nSPS) is 14.4. The summed E-state index contributed by atoms with van der Waals surface area (Å²) in [5, 5.41) is 17.9. The van der Waals surface area contributed by atoms with Crippen LogP contribution in [0.1, 0.15) is 34.7 Å². The van der Waals surface area contributed by atoms with Crippen molar-refractivity contribution in [2.75, 3.05) is 0 Å². The molecule has 28 heavy (non-hydrogen) atoms. The van der Waals surface area contributed by atoms with Crippen molar-refractivity contribution in [2.24, 2.45) is 0 Å². The maximum Gasteiger partial charge on any atom is 0.217 e. The number of hydrogen-bond acceptors (Lipinski definition) is 5. The minimum absolute atomic E-state index is 0.313. The summed E-state index contributed by atoms with van der Waals surface area (Å²) in [6.45, 7) is 3.77. The van der Waals surface area contributed by atoms with E-state index in [2.05, 4.69) is 6.07 Å². The van der Waals surface area contributed by atoms with Crippen LogP contribution in [0.2, 0.25) is 0 Å². The lowest BCUT2D eigenvalue weighted by molar-refractivity contribution is 0.608. The second-order valence-electron chi connectivity index (χ2n) is 6.55. The van der Waals surface area contributed by atoms with Crippen LogP contribution in [0.25, 0.3) is 20.9 Å².